The second kappa shape index (κ2) is 7.08. The van der Waals surface area contributed by atoms with E-state index in [1.807, 2.05) is 17.0 Å². The van der Waals surface area contributed by atoms with E-state index < -0.39 is 6.09 Å². The van der Waals surface area contributed by atoms with Crippen molar-refractivity contribution in [1.82, 2.24) is 9.80 Å². The van der Waals surface area contributed by atoms with Crippen LogP contribution in [-0.4, -0.2) is 53.2 Å². The first-order chi connectivity index (χ1) is 12.5. The predicted molar refractivity (Wildman–Crippen MR) is 96.2 cm³/mol. The Morgan fingerprint density at radius 1 is 1.23 bits per heavy atom. The summed E-state index contributed by atoms with van der Waals surface area (Å²) in [6, 6.07) is 3.67. The highest BCUT2D eigenvalue weighted by Crippen LogP contribution is 2.38. The smallest absolute Gasteiger partial charge is 0.407 e. The van der Waals surface area contributed by atoms with E-state index in [1.165, 1.54) is 4.90 Å². The van der Waals surface area contributed by atoms with E-state index in [0.29, 0.717) is 37.9 Å². The minimum Gasteiger partial charge on any atom is -0.465 e. The lowest BCUT2D eigenvalue weighted by Gasteiger charge is -2.34. The zero-order chi connectivity index (χ0) is 18.3. The van der Waals surface area contributed by atoms with Gasteiger partial charge in [0.25, 0.3) is 0 Å². The van der Waals surface area contributed by atoms with E-state index in [0.717, 1.165) is 42.4 Å². The van der Waals surface area contributed by atoms with Gasteiger partial charge in [-0.05, 0) is 54.5 Å². The van der Waals surface area contributed by atoms with E-state index in [1.54, 1.807) is 0 Å². The normalized spacial score (nSPS) is 25.4. The summed E-state index contributed by atoms with van der Waals surface area (Å²) in [6.45, 7) is 2.91. The van der Waals surface area contributed by atoms with Crippen LogP contribution in [0.4, 0.5) is 4.79 Å². The molecule has 2 amide bonds. The summed E-state index contributed by atoms with van der Waals surface area (Å²) in [7, 11) is 0. The number of hydrogen-bond acceptors (Lipinski definition) is 3. The molecule has 26 heavy (non-hydrogen) atoms. The van der Waals surface area contributed by atoms with Crippen LogP contribution in [0.15, 0.2) is 12.1 Å². The molecule has 140 valence electrons. The number of rotatable bonds is 2. The van der Waals surface area contributed by atoms with Crippen LogP contribution in [0.5, 0.6) is 0 Å². The number of amides is 2. The lowest BCUT2D eigenvalue weighted by Crippen LogP contribution is -2.41. The largest absolute Gasteiger partial charge is 0.465 e. The first kappa shape index (κ1) is 17.6. The van der Waals surface area contributed by atoms with Crippen molar-refractivity contribution in [3.8, 4) is 0 Å². The molecule has 2 fully saturated rings. The lowest BCUT2D eigenvalue weighted by atomic mass is 9.89. The third-order valence-corrected chi connectivity index (χ3v) is 6.01. The van der Waals surface area contributed by atoms with Gasteiger partial charge < -0.3 is 19.6 Å². The molecular weight excluding hydrogens is 356 g/mol. The molecule has 3 heterocycles. The van der Waals surface area contributed by atoms with Gasteiger partial charge in [-0.3, -0.25) is 4.79 Å². The van der Waals surface area contributed by atoms with Crippen LogP contribution in [-0.2, 0) is 22.5 Å². The highest BCUT2D eigenvalue weighted by atomic mass is 35.5. The highest BCUT2D eigenvalue weighted by Gasteiger charge is 2.35. The van der Waals surface area contributed by atoms with Crippen molar-refractivity contribution in [1.29, 1.82) is 0 Å². The molecule has 0 aliphatic carbocycles. The molecule has 2 atom stereocenters. The SMILES string of the molecule is O=C([C@H]1CCOC1)N1CCc2cc(Cl)cc([C@@H]3CCCN3C(=O)O)c2C1. The molecule has 3 aliphatic heterocycles. The fourth-order valence-electron chi connectivity index (χ4n) is 4.45. The van der Waals surface area contributed by atoms with Gasteiger partial charge in [0.1, 0.15) is 0 Å². The average molecular weight is 379 g/mol. The third kappa shape index (κ3) is 3.16. The summed E-state index contributed by atoms with van der Waals surface area (Å²) in [4.78, 5) is 27.8. The second-order valence-electron chi connectivity index (χ2n) is 7.34. The van der Waals surface area contributed by atoms with Gasteiger partial charge in [0, 0.05) is 31.3 Å². The second-order valence-corrected chi connectivity index (χ2v) is 7.77. The maximum Gasteiger partial charge on any atom is 0.407 e. The minimum atomic E-state index is -0.895. The molecule has 4 rings (SSSR count). The third-order valence-electron chi connectivity index (χ3n) is 5.79. The summed E-state index contributed by atoms with van der Waals surface area (Å²) < 4.78 is 5.36. The molecule has 6 nitrogen and oxygen atoms in total. The van der Waals surface area contributed by atoms with Crippen molar-refractivity contribution in [3.05, 3.63) is 33.8 Å². The Hall–Kier alpha value is -1.79. The minimum absolute atomic E-state index is 0.0469. The molecule has 0 spiro atoms. The van der Waals surface area contributed by atoms with Crippen molar-refractivity contribution < 1.29 is 19.4 Å². The van der Waals surface area contributed by atoms with Crippen LogP contribution in [0.1, 0.15) is 42.0 Å². The van der Waals surface area contributed by atoms with Crippen LogP contribution in [0.3, 0.4) is 0 Å². The van der Waals surface area contributed by atoms with Gasteiger partial charge in [-0.15, -0.1) is 0 Å². The Morgan fingerprint density at radius 3 is 2.81 bits per heavy atom. The maximum absolute atomic E-state index is 12.8. The standard InChI is InChI=1S/C19H23ClN2O4/c20-14-8-12-3-6-21(18(23)13-4-7-26-11-13)10-16(12)15(9-14)17-2-1-5-22(17)19(24)25/h8-9,13,17H,1-7,10-11H2,(H,24,25)/t13-,17-/m0/s1. The molecule has 0 radical (unpaired) electrons. The lowest BCUT2D eigenvalue weighted by molar-refractivity contribution is -0.136. The quantitative estimate of drug-likeness (QED) is 0.858. The van der Waals surface area contributed by atoms with Crippen molar-refractivity contribution in [2.45, 2.75) is 38.3 Å². The van der Waals surface area contributed by atoms with E-state index in [9.17, 15) is 14.7 Å². The highest BCUT2D eigenvalue weighted by molar-refractivity contribution is 6.30. The number of hydrogen-bond donors (Lipinski definition) is 1. The molecule has 0 bridgehead atoms. The fraction of sp³-hybridized carbons (Fsp3) is 0.579. The summed E-state index contributed by atoms with van der Waals surface area (Å²) >= 11 is 6.33. The topological polar surface area (TPSA) is 70.1 Å². The summed E-state index contributed by atoms with van der Waals surface area (Å²) in [5.74, 6) is 0.102. The molecular formula is C19H23ClN2O4. The van der Waals surface area contributed by atoms with Gasteiger partial charge in [0.15, 0.2) is 0 Å². The molecule has 0 unspecified atom stereocenters. The number of carboxylic acid groups (broad SMARTS) is 1. The first-order valence-electron chi connectivity index (χ1n) is 9.22. The van der Waals surface area contributed by atoms with Gasteiger partial charge >= 0.3 is 6.09 Å². The number of likely N-dealkylation sites (tertiary alicyclic amines) is 1. The van der Waals surface area contributed by atoms with Crippen LogP contribution in [0.25, 0.3) is 0 Å². The predicted octanol–water partition coefficient (Wildman–Crippen LogP) is 3.08. The zero-order valence-electron chi connectivity index (χ0n) is 14.6. The molecule has 1 N–H and O–H groups in total. The Balaban J connectivity index is 1.64. The van der Waals surface area contributed by atoms with E-state index in [-0.39, 0.29) is 17.9 Å². The van der Waals surface area contributed by atoms with Crippen LogP contribution >= 0.6 is 11.6 Å². The number of fused-ring (bicyclic) bond motifs is 1. The number of carbonyl (C=O) groups excluding carboxylic acids is 1. The average Bonchev–Trinajstić information content (AvgIpc) is 3.31. The number of carbonyl (C=O) groups is 2. The fourth-order valence-corrected chi connectivity index (χ4v) is 4.70. The summed E-state index contributed by atoms with van der Waals surface area (Å²) in [5, 5.41) is 10.2. The van der Waals surface area contributed by atoms with Gasteiger partial charge in [0.2, 0.25) is 5.91 Å². The van der Waals surface area contributed by atoms with Gasteiger partial charge in [-0.1, -0.05) is 11.6 Å². The van der Waals surface area contributed by atoms with E-state index in [4.69, 9.17) is 16.3 Å². The van der Waals surface area contributed by atoms with Gasteiger partial charge in [0.05, 0.1) is 18.6 Å². The molecule has 1 aromatic rings. The van der Waals surface area contributed by atoms with Crippen LogP contribution < -0.4 is 0 Å². The monoisotopic (exact) mass is 378 g/mol. The Kier molecular flexibility index (Phi) is 4.80. The zero-order valence-corrected chi connectivity index (χ0v) is 15.4. The van der Waals surface area contributed by atoms with E-state index >= 15 is 0 Å². The Bertz CT molecular complexity index is 732. The number of benzene rings is 1. The molecule has 0 aromatic heterocycles. The molecule has 1 aromatic carbocycles. The van der Waals surface area contributed by atoms with Gasteiger partial charge in [-0.2, -0.15) is 0 Å². The summed E-state index contributed by atoms with van der Waals surface area (Å²) in [6.07, 6.45) is 2.28. The van der Waals surface area contributed by atoms with Crippen molar-refractivity contribution in [2.24, 2.45) is 5.92 Å². The first-order valence-corrected chi connectivity index (χ1v) is 9.59. The molecule has 3 aliphatic rings. The van der Waals surface area contributed by atoms with Crippen molar-refractivity contribution in [3.63, 3.8) is 0 Å². The van der Waals surface area contributed by atoms with Crippen molar-refractivity contribution in [2.75, 3.05) is 26.3 Å². The molecule has 0 saturated carbocycles. The van der Waals surface area contributed by atoms with Gasteiger partial charge in [-0.25, -0.2) is 4.79 Å². The Labute approximate surface area is 157 Å². The van der Waals surface area contributed by atoms with Crippen LogP contribution in [0, 0.1) is 5.92 Å². The van der Waals surface area contributed by atoms with Crippen LogP contribution in [0.2, 0.25) is 5.02 Å². The van der Waals surface area contributed by atoms with E-state index in [2.05, 4.69) is 0 Å². The van der Waals surface area contributed by atoms with Crippen molar-refractivity contribution >= 4 is 23.6 Å². The summed E-state index contributed by atoms with van der Waals surface area (Å²) in [5.41, 5.74) is 3.18. The number of ether oxygens (including phenoxy) is 1. The molecule has 2 saturated heterocycles. The Morgan fingerprint density at radius 2 is 2.08 bits per heavy atom. The maximum atomic E-state index is 12.8. The molecule has 7 heteroatoms. The number of halogens is 1. The number of nitrogens with zero attached hydrogens (tertiary/aromatic N) is 2.